The molecule has 0 aliphatic carbocycles. The highest BCUT2D eigenvalue weighted by molar-refractivity contribution is 7.47. The standard InChI is InChI=1S/C68H119O11P/c1-4-7-10-13-16-19-22-25-28-30-32-34-37-40-43-46-49-52-55-58-67(71)78-64(60-69)62-76-80(73,74)77-63-65(61-75-66(70)57-54-51-48-45-42-39-36-27-24-21-18-15-12-9-6-3)79-68(72)59-56-53-50-47-44-41-38-35-33-31-29-26-23-20-17-14-11-8-5-2/h8,11,16-17,19-20,25-29,33,35-36,64-65,69H,4-7,9-10,12-15,18,21-24,30-32,34,37-63H2,1-3H3,(H,73,74)/b11-8-,19-16-,20-17-,28-25-,29-26-,35-33-,36-27-. The van der Waals surface area contributed by atoms with Gasteiger partial charge in [-0.05, 0) is 116 Å². The molecule has 3 atom stereocenters. The Morgan fingerprint density at radius 1 is 0.362 bits per heavy atom. The van der Waals surface area contributed by atoms with Gasteiger partial charge in [-0.2, -0.15) is 0 Å². The van der Waals surface area contributed by atoms with Crippen LogP contribution in [0.5, 0.6) is 0 Å². The molecule has 0 bridgehead atoms. The Balaban J connectivity index is 4.70. The molecule has 80 heavy (non-hydrogen) atoms. The number of carbonyl (C=O) groups is 3. The molecular weight excluding hydrogens is 1020 g/mol. The lowest BCUT2D eigenvalue weighted by Crippen LogP contribution is -2.30. The summed E-state index contributed by atoms with van der Waals surface area (Å²) in [5.74, 6) is -1.49. The third-order valence-corrected chi connectivity index (χ3v) is 14.7. The molecule has 0 spiro atoms. The monoisotopic (exact) mass is 1140 g/mol. The number of ether oxygens (including phenoxy) is 3. The lowest BCUT2D eigenvalue weighted by molar-refractivity contribution is -0.161. The van der Waals surface area contributed by atoms with Crippen molar-refractivity contribution in [1.82, 2.24) is 0 Å². The van der Waals surface area contributed by atoms with Crippen LogP contribution in [-0.2, 0) is 42.2 Å². The first kappa shape index (κ1) is 76.7. The van der Waals surface area contributed by atoms with Crippen molar-refractivity contribution in [3.8, 4) is 0 Å². The van der Waals surface area contributed by atoms with Crippen LogP contribution in [0.4, 0.5) is 0 Å². The Morgan fingerprint density at radius 2 is 0.650 bits per heavy atom. The Kier molecular flexibility index (Phi) is 59.1. The summed E-state index contributed by atoms with van der Waals surface area (Å²) in [4.78, 5) is 48.8. The first-order chi connectivity index (χ1) is 39.2. The molecule has 3 unspecified atom stereocenters. The van der Waals surface area contributed by atoms with Crippen LogP contribution in [-0.4, -0.2) is 66.5 Å². The van der Waals surface area contributed by atoms with Crippen LogP contribution in [0, 0.1) is 0 Å². The summed E-state index contributed by atoms with van der Waals surface area (Å²) >= 11 is 0. The van der Waals surface area contributed by atoms with E-state index in [1.165, 1.54) is 96.3 Å². The highest BCUT2D eigenvalue weighted by Crippen LogP contribution is 2.43. The number of hydrogen-bond acceptors (Lipinski definition) is 10. The third kappa shape index (κ3) is 59.3. The maximum absolute atomic E-state index is 13.0. The Bertz CT molecular complexity index is 1670. The van der Waals surface area contributed by atoms with Crippen molar-refractivity contribution in [2.75, 3.05) is 26.4 Å². The van der Waals surface area contributed by atoms with Gasteiger partial charge < -0.3 is 24.2 Å². The summed E-state index contributed by atoms with van der Waals surface area (Å²) in [6.45, 7) is 4.51. The number of aliphatic hydroxyl groups excluding tert-OH is 1. The van der Waals surface area contributed by atoms with E-state index in [1.54, 1.807) is 0 Å². The summed E-state index contributed by atoms with van der Waals surface area (Å²) in [6, 6.07) is 0. The average molecular weight is 1140 g/mol. The van der Waals surface area contributed by atoms with Gasteiger partial charge in [0.15, 0.2) is 6.10 Å². The summed E-state index contributed by atoms with van der Waals surface area (Å²) < 4.78 is 39.7. The van der Waals surface area contributed by atoms with E-state index in [1.807, 2.05) is 0 Å². The molecule has 0 rings (SSSR count). The molecule has 0 aliphatic heterocycles. The van der Waals surface area contributed by atoms with E-state index in [0.717, 1.165) is 135 Å². The minimum Gasteiger partial charge on any atom is -0.462 e. The van der Waals surface area contributed by atoms with Gasteiger partial charge in [0, 0.05) is 19.3 Å². The highest BCUT2D eigenvalue weighted by Gasteiger charge is 2.28. The van der Waals surface area contributed by atoms with Crippen molar-refractivity contribution >= 4 is 25.7 Å². The number of phosphoric acid groups is 1. The van der Waals surface area contributed by atoms with E-state index in [2.05, 4.69) is 106 Å². The van der Waals surface area contributed by atoms with Gasteiger partial charge in [-0.15, -0.1) is 0 Å². The van der Waals surface area contributed by atoms with Crippen molar-refractivity contribution in [3.05, 3.63) is 85.1 Å². The van der Waals surface area contributed by atoms with Crippen molar-refractivity contribution < 1.29 is 52.2 Å². The number of esters is 3. The van der Waals surface area contributed by atoms with Gasteiger partial charge in [0.2, 0.25) is 0 Å². The molecule has 0 saturated carbocycles. The van der Waals surface area contributed by atoms with Gasteiger partial charge in [-0.1, -0.05) is 241 Å². The third-order valence-electron chi connectivity index (χ3n) is 13.8. The molecular formula is C68H119O11P. The van der Waals surface area contributed by atoms with Crippen molar-refractivity contribution in [3.63, 3.8) is 0 Å². The van der Waals surface area contributed by atoms with E-state index >= 15 is 0 Å². The molecule has 0 radical (unpaired) electrons. The second-order valence-corrected chi connectivity index (χ2v) is 23.0. The summed E-state index contributed by atoms with van der Waals surface area (Å²) in [5, 5.41) is 9.86. The number of aliphatic hydroxyl groups is 1. The van der Waals surface area contributed by atoms with E-state index in [-0.39, 0.29) is 25.9 Å². The molecule has 2 N–H and O–H groups in total. The molecule has 11 nitrogen and oxygen atoms in total. The molecule has 0 aromatic rings. The topological polar surface area (TPSA) is 155 Å². The van der Waals surface area contributed by atoms with Crippen LogP contribution in [0.15, 0.2) is 85.1 Å². The second-order valence-electron chi connectivity index (χ2n) is 21.5. The molecule has 0 aromatic heterocycles. The fraction of sp³-hybridized carbons (Fsp3) is 0.750. The molecule has 0 aliphatic rings. The van der Waals surface area contributed by atoms with Gasteiger partial charge in [0.25, 0.3) is 0 Å². The number of allylic oxidation sites excluding steroid dienone is 14. The van der Waals surface area contributed by atoms with Crippen molar-refractivity contribution in [1.29, 1.82) is 0 Å². The number of phosphoric ester groups is 1. The van der Waals surface area contributed by atoms with Gasteiger partial charge >= 0.3 is 25.7 Å². The number of hydrogen-bond donors (Lipinski definition) is 2. The fourth-order valence-corrected chi connectivity index (χ4v) is 9.63. The van der Waals surface area contributed by atoms with Gasteiger partial charge in [0.1, 0.15) is 12.7 Å². The molecule has 12 heteroatoms. The lowest BCUT2D eigenvalue weighted by atomic mass is 10.1. The van der Waals surface area contributed by atoms with Crippen LogP contribution in [0.2, 0.25) is 0 Å². The summed E-state index contributed by atoms with van der Waals surface area (Å²) in [7, 11) is -4.76. The minimum absolute atomic E-state index is 0.147. The van der Waals surface area contributed by atoms with E-state index in [0.29, 0.717) is 19.3 Å². The van der Waals surface area contributed by atoms with Gasteiger partial charge in [-0.3, -0.25) is 23.4 Å². The van der Waals surface area contributed by atoms with E-state index in [9.17, 15) is 28.9 Å². The Hall–Kier alpha value is -3.34. The SMILES string of the molecule is CC/C=C\C/C=C\C/C=C\C/C=C\CCCCCCCCC(=O)OC(COC(=O)CCCCCCC/C=C\CCCCCCCC)COP(=O)(O)OCC(CO)OC(=O)CCCCCCCCCCC/C=C\C/C=C\CCCCC. The largest absolute Gasteiger partial charge is 0.472 e. The second kappa shape index (κ2) is 61.7. The Morgan fingerprint density at radius 3 is 1.04 bits per heavy atom. The van der Waals surface area contributed by atoms with Crippen molar-refractivity contribution in [2.24, 2.45) is 0 Å². The van der Waals surface area contributed by atoms with Gasteiger partial charge in [-0.25, -0.2) is 4.57 Å². The molecule has 0 fully saturated rings. The predicted molar refractivity (Wildman–Crippen MR) is 334 cm³/mol. The molecule has 462 valence electrons. The average Bonchev–Trinajstić information content (AvgIpc) is 3.45. The van der Waals surface area contributed by atoms with E-state index in [4.69, 9.17) is 23.3 Å². The molecule has 0 saturated heterocycles. The summed E-state index contributed by atoms with van der Waals surface area (Å²) in [6.07, 6.45) is 72.4. The predicted octanol–water partition coefficient (Wildman–Crippen LogP) is 19.8. The maximum Gasteiger partial charge on any atom is 0.472 e. The zero-order chi connectivity index (χ0) is 58.3. The maximum atomic E-state index is 13.0. The van der Waals surface area contributed by atoms with E-state index < -0.39 is 57.8 Å². The molecule has 0 amide bonds. The Labute approximate surface area is 490 Å². The number of unbranched alkanes of at least 4 members (excludes halogenated alkanes) is 29. The van der Waals surface area contributed by atoms with Gasteiger partial charge in [0.05, 0.1) is 19.8 Å². The fourth-order valence-electron chi connectivity index (χ4n) is 8.84. The zero-order valence-electron chi connectivity index (χ0n) is 51.3. The van der Waals surface area contributed by atoms with Crippen LogP contribution in [0.1, 0.15) is 290 Å². The summed E-state index contributed by atoms with van der Waals surface area (Å²) in [5.41, 5.74) is 0. The lowest BCUT2D eigenvalue weighted by Gasteiger charge is -2.21. The normalized spacial score (nSPS) is 13.8. The van der Waals surface area contributed by atoms with Crippen LogP contribution in [0.25, 0.3) is 0 Å². The van der Waals surface area contributed by atoms with Crippen LogP contribution < -0.4 is 0 Å². The first-order valence-corrected chi connectivity index (χ1v) is 34.0. The quantitative estimate of drug-likeness (QED) is 0.0197. The zero-order valence-corrected chi connectivity index (χ0v) is 52.2. The molecule has 0 heterocycles. The van der Waals surface area contributed by atoms with Crippen LogP contribution >= 0.6 is 7.82 Å². The first-order valence-electron chi connectivity index (χ1n) is 32.5. The molecule has 0 aromatic carbocycles. The minimum atomic E-state index is -4.76. The van der Waals surface area contributed by atoms with Crippen LogP contribution in [0.3, 0.4) is 0 Å². The van der Waals surface area contributed by atoms with Crippen molar-refractivity contribution in [2.45, 2.75) is 303 Å². The smallest absolute Gasteiger partial charge is 0.462 e. The number of carbonyl (C=O) groups excluding carboxylic acids is 3. The highest BCUT2D eigenvalue weighted by atomic mass is 31.2. The number of rotatable bonds is 60.